The van der Waals surface area contributed by atoms with Gasteiger partial charge in [-0.3, -0.25) is 0 Å². The Bertz CT molecular complexity index is 430. The Labute approximate surface area is 80.3 Å². The van der Waals surface area contributed by atoms with Crippen molar-refractivity contribution in [3.63, 3.8) is 0 Å². The molecule has 0 unspecified atom stereocenters. The topological polar surface area (TPSA) is 49.8 Å². The number of hydrogen-bond acceptors (Lipinski definition) is 2. The zero-order valence-corrected chi connectivity index (χ0v) is 7.51. The average Bonchev–Trinajstić information content (AvgIpc) is 2.13. The lowest BCUT2D eigenvalue weighted by Crippen LogP contribution is -2.04. The highest BCUT2D eigenvalue weighted by Gasteiger charge is 2.13. The molecule has 0 aliphatic rings. The lowest BCUT2D eigenvalue weighted by atomic mass is 10.1. The molecule has 0 atom stereocenters. The van der Waals surface area contributed by atoms with Gasteiger partial charge in [0.1, 0.15) is 11.6 Å². The number of halogens is 2. The molecule has 0 fully saturated rings. The summed E-state index contributed by atoms with van der Waals surface area (Å²) in [6, 6.07) is 4.05. The molecule has 0 saturated carbocycles. The number of nitrogens with zero attached hydrogens (tertiary/aromatic N) is 1. The lowest BCUT2D eigenvalue weighted by Gasteiger charge is -2.05. The Morgan fingerprint density at radius 3 is 2.71 bits per heavy atom. The minimum Gasteiger partial charge on any atom is -0.397 e. The lowest BCUT2D eigenvalue weighted by molar-refractivity contribution is 0.570. The van der Waals surface area contributed by atoms with Crippen LogP contribution < -0.4 is 5.73 Å². The minimum absolute atomic E-state index is 0.203. The molecule has 2 nitrogen and oxygen atoms in total. The Hall–Kier alpha value is -1.89. The summed E-state index contributed by atoms with van der Waals surface area (Å²) in [7, 11) is 0. The maximum absolute atomic E-state index is 13.4. The number of hydrogen-bond donors (Lipinski definition) is 1. The normalized spacial score (nSPS) is 11.1. The van der Waals surface area contributed by atoms with Crippen molar-refractivity contribution in [2.45, 2.75) is 6.92 Å². The summed E-state index contributed by atoms with van der Waals surface area (Å²) >= 11 is 0. The van der Waals surface area contributed by atoms with E-state index >= 15 is 0 Å². The van der Waals surface area contributed by atoms with E-state index in [9.17, 15) is 8.78 Å². The van der Waals surface area contributed by atoms with E-state index in [1.807, 2.05) is 0 Å². The second kappa shape index (κ2) is 3.88. The first-order valence-electron chi connectivity index (χ1n) is 3.88. The Balaban J connectivity index is 3.42. The molecule has 14 heavy (non-hydrogen) atoms. The molecule has 2 N–H and O–H groups in total. The van der Waals surface area contributed by atoms with Crippen LogP contribution in [0.4, 0.5) is 8.78 Å². The van der Waals surface area contributed by atoms with Crippen molar-refractivity contribution in [2.75, 3.05) is 0 Å². The number of aryl methyl sites for hydroxylation is 1. The summed E-state index contributed by atoms with van der Waals surface area (Å²) in [6.07, 6.45) is 0.904. The van der Waals surface area contributed by atoms with E-state index < -0.39 is 11.6 Å². The van der Waals surface area contributed by atoms with Crippen molar-refractivity contribution >= 4 is 5.70 Å². The van der Waals surface area contributed by atoms with Gasteiger partial charge in [0, 0.05) is 6.08 Å². The van der Waals surface area contributed by atoms with Gasteiger partial charge in [0.05, 0.1) is 17.3 Å². The van der Waals surface area contributed by atoms with Gasteiger partial charge in [-0.05, 0) is 18.6 Å². The van der Waals surface area contributed by atoms with Crippen LogP contribution in [0.25, 0.3) is 5.70 Å². The molecule has 1 aromatic carbocycles. The molecule has 0 amide bonds. The summed E-state index contributed by atoms with van der Waals surface area (Å²) < 4.78 is 26.5. The molecule has 72 valence electrons. The summed E-state index contributed by atoms with van der Waals surface area (Å²) in [5.74, 6) is -1.49. The fourth-order valence-corrected chi connectivity index (χ4v) is 1.06. The molecular formula is C10H8F2N2. The second-order valence-electron chi connectivity index (χ2n) is 2.78. The van der Waals surface area contributed by atoms with Crippen molar-refractivity contribution in [3.8, 4) is 6.07 Å². The average molecular weight is 194 g/mol. The van der Waals surface area contributed by atoms with Crippen LogP contribution in [-0.2, 0) is 0 Å². The number of allylic oxidation sites excluding steroid dienone is 1. The Morgan fingerprint density at radius 1 is 1.50 bits per heavy atom. The SMILES string of the molecule is Cc1ccc(F)c(/C(N)=C/C#N)c1F. The minimum atomic E-state index is -0.767. The molecule has 1 aromatic rings. The van der Waals surface area contributed by atoms with Gasteiger partial charge in [-0.15, -0.1) is 0 Å². The standard InChI is InChI=1S/C10H8F2N2/c1-6-2-3-7(11)9(10(6)12)8(14)4-5-13/h2-4H,14H2,1H3/b8-4-. The summed E-state index contributed by atoms with van der Waals surface area (Å²) in [6.45, 7) is 1.50. The molecule has 0 heterocycles. The molecule has 0 spiro atoms. The quantitative estimate of drug-likeness (QED) is 0.696. The van der Waals surface area contributed by atoms with Crippen molar-refractivity contribution < 1.29 is 8.78 Å². The second-order valence-corrected chi connectivity index (χ2v) is 2.78. The van der Waals surface area contributed by atoms with Crippen LogP contribution >= 0.6 is 0 Å². The number of nitrogens with two attached hydrogens (primary N) is 1. The number of nitriles is 1. The summed E-state index contributed by atoms with van der Waals surface area (Å²) in [5, 5.41) is 8.30. The number of benzene rings is 1. The van der Waals surface area contributed by atoms with Crippen molar-refractivity contribution in [3.05, 3.63) is 41.0 Å². The third kappa shape index (κ3) is 1.72. The van der Waals surface area contributed by atoms with Gasteiger partial charge in [0.2, 0.25) is 0 Å². The fraction of sp³-hybridized carbons (Fsp3) is 0.100. The molecular weight excluding hydrogens is 186 g/mol. The largest absolute Gasteiger partial charge is 0.397 e. The molecule has 0 bridgehead atoms. The predicted octanol–water partition coefficient (Wildman–Crippen LogP) is 2.10. The highest BCUT2D eigenvalue weighted by Crippen LogP contribution is 2.20. The van der Waals surface area contributed by atoms with Gasteiger partial charge >= 0.3 is 0 Å². The van der Waals surface area contributed by atoms with E-state index in [0.29, 0.717) is 0 Å². The first-order chi connectivity index (χ1) is 6.57. The van der Waals surface area contributed by atoms with Gasteiger partial charge in [-0.2, -0.15) is 5.26 Å². The molecule has 0 aliphatic heterocycles. The van der Waals surface area contributed by atoms with Gasteiger partial charge in [0.25, 0.3) is 0 Å². The van der Waals surface area contributed by atoms with E-state index in [1.165, 1.54) is 13.0 Å². The maximum Gasteiger partial charge on any atom is 0.138 e. The molecule has 0 saturated heterocycles. The van der Waals surface area contributed by atoms with E-state index in [2.05, 4.69) is 0 Å². The summed E-state index contributed by atoms with van der Waals surface area (Å²) in [4.78, 5) is 0. The van der Waals surface area contributed by atoms with E-state index in [-0.39, 0.29) is 16.8 Å². The molecule has 0 aromatic heterocycles. The Kier molecular flexibility index (Phi) is 2.82. The Morgan fingerprint density at radius 2 is 2.14 bits per heavy atom. The number of rotatable bonds is 1. The molecule has 4 heteroatoms. The van der Waals surface area contributed by atoms with Gasteiger partial charge in [-0.25, -0.2) is 8.78 Å². The van der Waals surface area contributed by atoms with Crippen LogP contribution in [0.2, 0.25) is 0 Å². The molecule has 0 radical (unpaired) electrons. The third-order valence-electron chi connectivity index (χ3n) is 1.79. The first-order valence-corrected chi connectivity index (χ1v) is 3.88. The fourth-order valence-electron chi connectivity index (χ4n) is 1.06. The van der Waals surface area contributed by atoms with E-state index in [0.717, 1.165) is 12.1 Å². The highest BCUT2D eigenvalue weighted by atomic mass is 19.1. The monoisotopic (exact) mass is 194 g/mol. The zero-order valence-electron chi connectivity index (χ0n) is 7.51. The third-order valence-corrected chi connectivity index (χ3v) is 1.79. The van der Waals surface area contributed by atoms with Crippen molar-refractivity contribution in [1.29, 1.82) is 5.26 Å². The molecule has 0 aliphatic carbocycles. The van der Waals surface area contributed by atoms with Crippen molar-refractivity contribution in [1.82, 2.24) is 0 Å². The smallest absolute Gasteiger partial charge is 0.138 e. The highest BCUT2D eigenvalue weighted by molar-refractivity contribution is 5.66. The first kappa shape index (κ1) is 10.2. The maximum atomic E-state index is 13.4. The van der Waals surface area contributed by atoms with E-state index in [1.54, 1.807) is 6.07 Å². The van der Waals surface area contributed by atoms with Crippen LogP contribution in [0.5, 0.6) is 0 Å². The molecule has 1 rings (SSSR count). The van der Waals surface area contributed by atoms with Crippen LogP contribution in [0.1, 0.15) is 11.1 Å². The van der Waals surface area contributed by atoms with Crippen LogP contribution in [0, 0.1) is 29.9 Å². The van der Waals surface area contributed by atoms with Crippen LogP contribution in [0.15, 0.2) is 18.2 Å². The van der Waals surface area contributed by atoms with Gasteiger partial charge in [0.15, 0.2) is 0 Å². The van der Waals surface area contributed by atoms with E-state index in [4.69, 9.17) is 11.0 Å². The van der Waals surface area contributed by atoms with Gasteiger partial charge in [-0.1, -0.05) is 6.07 Å². The van der Waals surface area contributed by atoms with Gasteiger partial charge < -0.3 is 5.73 Å². The van der Waals surface area contributed by atoms with Crippen molar-refractivity contribution in [2.24, 2.45) is 5.73 Å². The zero-order chi connectivity index (χ0) is 10.7. The summed E-state index contributed by atoms with van der Waals surface area (Å²) in [5.41, 5.74) is 5.08. The van der Waals surface area contributed by atoms with Crippen LogP contribution in [0.3, 0.4) is 0 Å². The predicted molar refractivity (Wildman–Crippen MR) is 48.9 cm³/mol. The van der Waals surface area contributed by atoms with Crippen LogP contribution in [-0.4, -0.2) is 0 Å².